The summed E-state index contributed by atoms with van der Waals surface area (Å²) in [4.78, 5) is 17.8. The average molecular weight is 542 g/mol. The highest BCUT2D eigenvalue weighted by molar-refractivity contribution is 7.92. The Balaban J connectivity index is 1.63. The van der Waals surface area contributed by atoms with Crippen LogP contribution in [0.4, 0.5) is 11.4 Å². The normalized spacial score (nSPS) is 11.6. The van der Waals surface area contributed by atoms with Gasteiger partial charge in [-0.3, -0.25) is 14.5 Å². The number of nitrogens with one attached hydrogen (secondary N) is 1. The van der Waals surface area contributed by atoms with Crippen LogP contribution in [-0.2, 0) is 10.0 Å². The van der Waals surface area contributed by atoms with E-state index in [0.717, 1.165) is 4.57 Å². The Morgan fingerprint density at radius 3 is 2.31 bits per heavy atom. The first-order chi connectivity index (χ1) is 18.8. The van der Waals surface area contributed by atoms with Gasteiger partial charge in [0.2, 0.25) is 5.88 Å². The number of sulfonamides is 1. The summed E-state index contributed by atoms with van der Waals surface area (Å²) in [6.45, 7) is 0. The molecule has 4 aromatic carbocycles. The fourth-order valence-corrected chi connectivity index (χ4v) is 5.24. The molecule has 10 heteroatoms. The van der Waals surface area contributed by atoms with Gasteiger partial charge < -0.3 is 14.9 Å². The van der Waals surface area contributed by atoms with E-state index in [1.165, 1.54) is 49.7 Å². The second kappa shape index (κ2) is 10.3. The van der Waals surface area contributed by atoms with E-state index in [9.17, 15) is 23.4 Å². The summed E-state index contributed by atoms with van der Waals surface area (Å²) in [5.74, 6) is 0.0254. The molecule has 39 heavy (non-hydrogen) atoms. The third-order valence-corrected chi connectivity index (χ3v) is 7.40. The van der Waals surface area contributed by atoms with Crippen LogP contribution in [0.5, 0.6) is 17.4 Å². The number of phenols is 1. The number of para-hydroxylation sites is 2. The number of fused-ring (bicyclic) bond motifs is 1. The Hall–Kier alpha value is -5.09. The molecule has 0 saturated carbocycles. The van der Waals surface area contributed by atoms with Crippen LogP contribution in [0.25, 0.3) is 16.5 Å². The third-order valence-electron chi connectivity index (χ3n) is 6.03. The number of hydrogen-bond donors (Lipinski definition) is 3. The van der Waals surface area contributed by atoms with Gasteiger partial charge in [0.1, 0.15) is 11.5 Å². The van der Waals surface area contributed by atoms with E-state index in [-0.39, 0.29) is 27.6 Å². The topological polar surface area (TPSA) is 130 Å². The third kappa shape index (κ3) is 5.05. The second-order valence-electron chi connectivity index (χ2n) is 8.50. The van der Waals surface area contributed by atoms with Gasteiger partial charge in [0.05, 0.1) is 34.6 Å². The highest BCUT2D eigenvalue weighted by Gasteiger charge is 2.20. The van der Waals surface area contributed by atoms with Gasteiger partial charge in [-0.1, -0.05) is 36.4 Å². The summed E-state index contributed by atoms with van der Waals surface area (Å²) in [5, 5.41) is 21.6. The van der Waals surface area contributed by atoms with E-state index in [1.54, 1.807) is 60.7 Å². The van der Waals surface area contributed by atoms with Crippen molar-refractivity contribution in [1.82, 2.24) is 4.57 Å². The average Bonchev–Trinajstić information content (AvgIpc) is 2.94. The molecule has 0 saturated heterocycles. The van der Waals surface area contributed by atoms with Crippen LogP contribution in [0.3, 0.4) is 0 Å². The fraction of sp³-hybridized carbons (Fsp3) is 0.0345. The van der Waals surface area contributed by atoms with Crippen LogP contribution in [0, 0.1) is 0 Å². The molecule has 0 aliphatic rings. The van der Waals surface area contributed by atoms with Gasteiger partial charge in [0.15, 0.2) is 0 Å². The van der Waals surface area contributed by atoms with Gasteiger partial charge >= 0.3 is 0 Å². The van der Waals surface area contributed by atoms with Crippen LogP contribution in [-0.4, -0.2) is 36.5 Å². The predicted octanol–water partition coefficient (Wildman–Crippen LogP) is 4.96. The molecule has 0 bridgehead atoms. The van der Waals surface area contributed by atoms with Crippen molar-refractivity contribution in [3.8, 4) is 23.1 Å². The Labute approximate surface area is 224 Å². The standard InChI is InChI=1S/C29H23N3O6S/c1-38-27-12-5-4-11-26(27)31-39(36,37)22-8-6-7-20(17-22)32-28(34)24-10-3-2-9-23(24)25(29(32)35)18-30-19-13-15-21(33)16-14-19/h2-18,31,33,35H,1H3. The van der Waals surface area contributed by atoms with Crippen LogP contribution in [0.15, 0.2) is 112 Å². The van der Waals surface area contributed by atoms with Crippen molar-refractivity contribution in [2.75, 3.05) is 11.8 Å². The van der Waals surface area contributed by atoms with Crippen molar-refractivity contribution in [3.63, 3.8) is 0 Å². The molecular weight excluding hydrogens is 518 g/mol. The van der Waals surface area contributed by atoms with Gasteiger partial charge in [-0.2, -0.15) is 0 Å². The molecule has 5 aromatic rings. The van der Waals surface area contributed by atoms with Crippen molar-refractivity contribution in [2.45, 2.75) is 4.90 Å². The molecule has 0 aliphatic carbocycles. The fourth-order valence-electron chi connectivity index (χ4n) is 4.13. The molecule has 5 rings (SSSR count). The quantitative estimate of drug-likeness (QED) is 0.250. The molecule has 0 amide bonds. The zero-order valence-corrected chi connectivity index (χ0v) is 21.5. The lowest BCUT2D eigenvalue weighted by Crippen LogP contribution is -2.21. The maximum Gasteiger partial charge on any atom is 0.265 e. The molecule has 0 unspecified atom stereocenters. The van der Waals surface area contributed by atoms with Crippen LogP contribution in [0.2, 0.25) is 0 Å². The van der Waals surface area contributed by atoms with Crippen molar-refractivity contribution in [3.05, 3.63) is 113 Å². The maximum absolute atomic E-state index is 13.5. The number of methoxy groups -OCH3 is 1. The molecule has 1 heterocycles. The summed E-state index contributed by atoms with van der Waals surface area (Å²) in [5.41, 5.74) is 0.648. The summed E-state index contributed by atoms with van der Waals surface area (Å²) in [6, 6.07) is 25.2. The van der Waals surface area contributed by atoms with E-state index in [1.807, 2.05) is 0 Å². The minimum Gasteiger partial charge on any atom is -0.508 e. The molecule has 1 aromatic heterocycles. The lowest BCUT2D eigenvalue weighted by Gasteiger charge is -2.15. The number of nitrogens with zero attached hydrogens (tertiary/aromatic N) is 2. The highest BCUT2D eigenvalue weighted by atomic mass is 32.2. The number of phenolic OH excluding ortho intramolecular Hbond substituents is 1. The van der Waals surface area contributed by atoms with Crippen LogP contribution in [0.1, 0.15) is 5.56 Å². The van der Waals surface area contributed by atoms with E-state index in [0.29, 0.717) is 22.2 Å². The molecular formula is C29H23N3O6S. The molecule has 196 valence electrons. The zero-order chi connectivity index (χ0) is 27.6. The number of aromatic nitrogens is 1. The first-order valence-electron chi connectivity index (χ1n) is 11.7. The first kappa shape index (κ1) is 25.6. The Morgan fingerprint density at radius 1 is 0.872 bits per heavy atom. The number of hydrogen-bond acceptors (Lipinski definition) is 7. The van der Waals surface area contributed by atoms with Gasteiger partial charge in [-0.25, -0.2) is 13.0 Å². The Bertz CT molecular complexity index is 1880. The molecule has 9 nitrogen and oxygen atoms in total. The summed E-state index contributed by atoms with van der Waals surface area (Å²) in [7, 11) is -2.64. The molecule has 0 aliphatic heterocycles. The zero-order valence-electron chi connectivity index (χ0n) is 20.6. The Kier molecular flexibility index (Phi) is 6.78. The van der Waals surface area contributed by atoms with E-state index in [2.05, 4.69) is 9.71 Å². The number of ether oxygens (including phenoxy) is 1. The van der Waals surface area contributed by atoms with Crippen molar-refractivity contribution in [1.29, 1.82) is 0 Å². The highest BCUT2D eigenvalue weighted by Crippen LogP contribution is 2.29. The molecule has 3 N–H and O–H groups in total. The predicted molar refractivity (Wildman–Crippen MR) is 150 cm³/mol. The van der Waals surface area contributed by atoms with Crippen LogP contribution < -0.4 is 15.0 Å². The van der Waals surface area contributed by atoms with Gasteiger partial charge in [-0.15, -0.1) is 0 Å². The van der Waals surface area contributed by atoms with Crippen molar-refractivity contribution < 1.29 is 23.4 Å². The SMILES string of the molecule is COc1ccccc1NS(=O)(=O)c1cccc(-n2c(O)c(C=Nc3ccc(O)cc3)c3ccccc3c2=O)c1. The number of aliphatic imine (C=N–C) groups is 1. The lowest BCUT2D eigenvalue weighted by atomic mass is 10.1. The van der Waals surface area contributed by atoms with Crippen LogP contribution >= 0.6 is 0 Å². The molecule has 0 atom stereocenters. The smallest absolute Gasteiger partial charge is 0.265 e. The minimum absolute atomic E-state index is 0.0887. The summed E-state index contributed by atoms with van der Waals surface area (Å²) >= 11 is 0. The van der Waals surface area contributed by atoms with E-state index >= 15 is 0 Å². The second-order valence-corrected chi connectivity index (χ2v) is 10.2. The summed E-state index contributed by atoms with van der Waals surface area (Å²) in [6.07, 6.45) is 1.42. The molecule has 0 fully saturated rings. The maximum atomic E-state index is 13.5. The number of benzene rings is 4. The van der Waals surface area contributed by atoms with Gasteiger partial charge in [0, 0.05) is 17.0 Å². The monoisotopic (exact) mass is 541 g/mol. The molecule has 0 spiro atoms. The van der Waals surface area contributed by atoms with E-state index < -0.39 is 21.5 Å². The minimum atomic E-state index is -4.08. The van der Waals surface area contributed by atoms with Gasteiger partial charge in [0.25, 0.3) is 15.6 Å². The number of anilines is 1. The molecule has 0 radical (unpaired) electrons. The largest absolute Gasteiger partial charge is 0.508 e. The number of aromatic hydroxyl groups is 2. The van der Waals surface area contributed by atoms with Crippen molar-refractivity contribution >= 4 is 38.4 Å². The first-order valence-corrected chi connectivity index (χ1v) is 13.2. The number of rotatable bonds is 7. The van der Waals surface area contributed by atoms with Crippen molar-refractivity contribution in [2.24, 2.45) is 4.99 Å². The Morgan fingerprint density at radius 2 is 1.56 bits per heavy atom. The van der Waals surface area contributed by atoms with Gasteiger partial charge in [-0.05, 0) is 60.7 Å². The lowest BCUT2D eigenvalue weighted by molar-refractivity contribution is 0.417. The number of pyridine rings is 1. The summed E-state index contributed by atoms with van der Waals surface area (Å²) < 4.78 is 35.2. The van der Waals surface area contributed by atoms with E-state index in [4.69, 9.17) is 4.74 Å².